The van der Waals surface area contributed by atoms with Crippen LogP contribution in [0.1, 0.15) is 42.9 Å². The van der Waals surface area contributed by atoms with Crippen LogP contribution in [0.5, 0.6) is 11.5 Å². The van der Waals surface area contributed by atoms with Gasteiger partial charge in [0.2, 0.25) is 5.91 Å². The first-order chi connectivity index (χ1) is 19.5. The maximum absolute atomic E-state index is 14.8. The molecule has 0 bridgehead atoms. The monoisotopic (exact) mass is 552 g/mol. The number of ether oxygens (including phenoxy) is 3. The number of rotatable bonds is 10. The molecule has 10 heteroatoms. The van der Waals surface area contributed by atoms with Crippen LogP contribution in [0.15, 0.2) is 47.6 Å². The van der Waals surface area contributed by atoms with Crippen molar-refractivity contribution in [3.05, 3.63) is 59.4 Å². The van der Waals surface area contributed by atoms with Gasteiger partial charge in [0.15, 0.2) is 11.5 Å². The number of methoxy groups -OCH3 is 2. The Kier molecular flexibility index (Phi) is 8.96. The van der Waals surface area contributed by atoms with Gasteiger partial charge in [-0.1, -0.05) is 30.7 Å². The largest absolute Gasteiger partial charge is 0.493 e. The molecular formula is C30H37FN4O5. The molecule has 2 aromatic carbocycles. The molecule has 1 atom stereocenters. The summed E-state index contributed by atoms with van der Waals surface area (Å²) in [5.41, 5.74) is 1.63. The predicted octanol–water partition coefficient (Wildman–Crippen LogP) is 3.48. The lowest BCUT2D eigenvalue weighted by atomic mass is 9.84. The van der Waals surface area contributed by atoms with Crippen LogP contribution in [0.3, 0.4) is 0 Å². The van der Waals surface area contributed by atoms with Crippen LogP contribution in [0, 0.1) is 11.7 Å². The van der Waals surface area contributed by atoms with Gasteiger partial charge in [0.1, 0.15) is 12.4 Å². The Labute approximate surface area is 234 Å². The van der Waals surface area contributed by atoms with Crippen LogP contribution in [0.25, 0.3) is 0 Å². The Hall–Kier alpha value is -3.50. The molecule has 2 fully saturated rings. The van der Waals surface area contributed by atoms with Gasteiger partial charge in [-0.2, -0.15) is 5.10 Å². The van der Waals surface area contributed by atoms with Crippen molar-refractivity contribution in [2.24, 2.45) is 11.0 Å². The van der Waals surface area contributed by atoms with E-state index in [1.54, 1.807) is 43.4 Å². The molecule has 2 amide bonds. The van der Waals surface area contributed by atoms with E-state index in [4.69, 9.17) is 14.2 Å². The number of carbonyl (C=O) groups is 2. The van der Waals surface area contributed by atoms with Crippen molar-refractivity contribution < 1.29 is 28.2 Å². The summed E-state index contributed by atoms with van der Waals surface area (Å²) in [6, 6.07) is 11.4. The highest BCUT2D eigenvalue weighted by atomic mass is 19.1. The summed E-state index contributed by atoms with van der Waals surface area (Å²) in [6.07, 6.45) is 3.07. The van der Waals surface area contributed by atoms with E-state index in [1.807, 2.05) is 12.1 Å². The van der Waals surface area contributed by atoms with Gasteiger partial charge in [-0.3, -0.25) is 14.5 Å². The van der Waals surface area contributed by atoms with Gasteiger partial charge < -0.3 is 19.1 Å². The summed E-state index contributed by atoms with van der Waals surface area (Å²) < 4.78 is 31.1. The van der Waals surface area contributed by atoms with Crippen molar-refractivity contribution in [1.29, 1.82) is 0 Å². The molecule has 5 rings (SSSR count). The van der Waals surface area contributed by atoms with Gasteiger partial charge in [-0.15, -0.1) is 0 Å². The summed E-state index contributed by atoms with van der Waals surface area (Å²) in [5, 5.41) is 6.06. The number of hydrazone groups is 1. The topological polar surface area (TPSA) is 83.9 Å². The smallest absolute Gasteiger partial charge is 0.262 e. The second-order valence-electron chi connectivity index (χ2n) is 10.4. The molecule has 2 aromatic rings. The first-order valence-electron chi connectivity index (χ1n) is 13.9. The molecule has 0 radical (unpaired) electrons. The van der Waals surface area contributed by atoms with Crippen LogP contribution < -0.4 is 9.47 Å². The Balaban J connectivity index is 1.41. The minimum Gasteiger partial charge on any atom is -0.493 e. The van der Waals surface area contributed by atoms with Crippen molar-refractivity contribution in [2.75, 3.05) is 60.2 Å². The third-order valence-corrected chi connectivity index (χ3v) is 8.03. The molecule has 40 heavy (non-hydrogen) atoms. The summed E-state index contributed by atoms with van der Waals surface area (Å²) in [5.74, 6) is 0.384. The number of hydrogen-bond donors (Lipinski definition) is 0. The number of benzene rings is 2. The second kappa shape index (κ2) is 12.8. The van der Waals surface area contributed by atoms with E-state index in [0.717, 1.165) is 37.9 Å². The average molecular weight is 553 g/mol. The standard InChI is InChI=1S/C30H37FN4O5/c1-38-27-11-10-22(18-28(27)39-2)26-19-25(23-8-3-4-9-24(23)31)32-35(26)29(36)20-34(30(37)21-6-5-7-21)13-12-33-14-16-40-17-15-33/h3-4,8-11,18,21,26H,5-7,12-17,19-20H2,1-2H3/t26-/m1/s1. The molecule has 2 heterocycles. The summed E-state index contributed by atoms with van der Waals surface area (Å²) in [4.78, 5) is 31.2. The lowest BCUT2D eigenvalue weighted by Gasteiger charge is -2.34. The lowest BCUT2D eigenvalue weighted by Crippen LogP contribution is -2.49. The quantitative estimate of drug-likeness (QED) is 0.449. The molecule has 1 saturated carbocycles. The predicted molar refractivity (Wildman–Crippen MR) is 148 cm³/mol. The normalized spacial score (nSPS) is 19.6. The number of amides is 2. The van der Waals surface area contributed by atoms with Gasteiger partial charge in [0, 0.05) is 44.1 Å². The Morgan fingerprint density at radius 1 is 1.07 bits per heavy atom. The SMILES string of the molecule is COc1ccc([C@H]2CC(c3ccccc3F)=NN2C(=O)CN(CCN2CCOCC2)C(=O)C2CCC2)cc1OC. The van der Waals surface area contributed by atoms with Crippen LogP contribution >= 0.6 is 0 Å². The maximum atomic E-state index is 14.8. The summed E-state index contributed by atoms with van der Waals surface area (Å²) in [7, 11) is 3.12. The van der Waals surface area contributed by atoms with E-state index in [9.17, 15) is 14.0 Å². The molecule has 0 unspecified atom stereocenters. The molecule has 1 saturated heterocycles. The molecule has 1 aliphatic carbocycles. The Morgan fingerprint density at radius 2 is 1.82 bits per heavy atom. The van der Waals surface area contributed by atoms with Gasteiger partial charge in [0.05, 0.1) is 39.2 Å². The Morgan fingerprint density at radius 3 is 2.50 bits per heavy atom. The van der Waals surface area contributed by atoms with E-state index in [2.05, 4.69) is 10.0 Å². The van der Waals surface area contributed by atoms with Crippen molar-refractivity contribution >= 4 is 17.5 Å². The lowest BCUT2D eigenvalue weighted by molar-refractivity contribution is -0.145. The fraction of sp³-hybridized carbons (Fsp3) is 0.500. The summed E-state index contributed by atoms with van der Waals surface area (Å²) in [6.45, 7) is 4.01. The van der Waals surface area contributed by atoms with Crippen molar-refractivity contribution in [1.82, 2.24) is 14.8 Å². The molecule has 3 aliphatic rings. The second-order valence-corrected chi connectivity index (χ2v) is 10.4. The van der Waals surface area contributed by atoms with Crippen LogP contribution in [0.4, 0.5) is 4.39 Å². The van der Waals surface area contributed by atoms with Gasteiger partial charge in [-0.05, 0) is 36.6 Å². The minimum atomic E-state index is -0.484. The van der Waals surface area contributed by atoms with Crippen LogP contribution in [0.2, 0.25) is 0 Å². The third-order valence-electron chi connectivity index (χ3n) is 8.03. The number of carbonyl (C=O) groups excluding carboxylic acids is 2. The number of hydrogen-bond acceptors (Lipinski definition) is 7. The third kappa shape index (κ3) is 6.13. The maximum Gasteiger partial charge on any atom is 0.262 e. The van der Waals surface area contributed by atoms with E-state index in [0.29, 0.717) is 55.5 Å². The highest BCUT2D eigenvalue weighted by molar-refractivity contribution is 6.03. The molecule has 0 aromatic heterocycles. The van der Waals surface area contributed by atoms with E-state index in [-0.39, 0.29) is 24.3 Å². The van der Waals surface area contributed by atoms with E-state index < -0.39 is 11.9 Å². The van der Waals surface area contributed by atoms with Gasteiger partial charge >= 0.3 is 0 Å². The molecule has 2 aliphatic heterocycles. The fourth-order valence-electron chi connectivity index (χ4n) is 5.42. The molecule has 0 N–H and O–H groups in total. The minimum absolute atomic E-state index is 0.0213. The van der Waals surface area contributed by atoms with Gasteiger partial charge in [-0.25, -0.2) is 9.40 Å². The average Bonchev–Trinajstić information content (AvgIpc) is 3.40. The highest BCUT2D eigenvalue weighted by Gasteiger charge is 2.37. The first-order valence-corrected chi connectivity index (χ1v) is 13.9. The van der Waals surface area contributed by atoms with E-state index in [1.165, 1.54) is 11.1 Å². The molecule has 214 valence electrons. The van der Waals surface area contributed by atoms with Gasteiger partial charge in [0.25, 0.3) is 5.91 Å². The van der Waals surface area contributed by atoms with Crippen molar-refractivity contribution in [2.45, 2.75) is 31.7 Å². The zero-order valence-electron chi connectivity index (χ0n) is 23.2. The van der Waals surface area contributed by atoms with Crippen LogP contribution in [-0.2, 0) is 14.3 Å². The first kappa shape index (κ1) is 28.0. The Bertz CT molecular complexity index is 1240. The molecular weight excluding hydrogens is 515 g/mol. The highest BCUT2D eigenvalue weighted by Crippen LogP contribution is 2.38. The van der Waals surface area contributed by atoms with Crippen molar-refractivity contribution in [3.63, 3.8) is 0 Å². The zero-order valence-corrected chi connectivity index (χ0v) is 23.2. The van der Waals surface area contributed by atoms with Crippen LogP contribution in [-0.4, -0.2) is 92.5 Å². The molecule has 0 spiro atoms. The van der Waals surface area contributed by atoms with E-state index >= 15 is 0 Å². The zero-order chi connectivity index (χ0) is 28.1. The number of nitrogens with zero attached hydrogens (tertiary/aromatic N) is 4. The number of halogens is 1. The summed E-state index contributed by atoms with van der Waals surface area (Å²) >= 11 is 0. The number of morpholine rings is 1. The van der Waals surface area contributed by atoms with Crippen molar-refractivity contribution in [3.8, 4) is 11.5 Å². The fourth-order valence-corrected chi connectivity index (χ4v) is 5.42. The molecule has 9 nitrogen and oxygen atoms in total.